The minimum atomic E-state index is -0.921. The first-order valence-electron chi connectivity index (χ1n) is 11.0. The highest BCUT2D eigenvalue weighted by molar-refractivity contribution is 5.91. The predicted molar refractivity (Wildman–Crippen MR) is 123 cm³/mol. The summed E-state index contributed by atoms with van der Waals surface area (Å²) in [5, 5.41) is 20.2. The van der Waals surface area contributed by atoms with Gasteiger partial charge in [0.25, 0.3) is 11.9 Å². The van der Waals surface area contributed by atoms with Crippen molar-refractivity contribution in [2.45, 2.75) is 25.7 Å². The number of fused-ring (bicyclic) bond motifs is 3. The van der Waals surface area contributed by atoms with Gasteiger partial charge in [0.15, 0.2) is 0 Å². The van der Waals surface area contributed by atoms with E-state index in [9.17, 15) is 14.4 Å². The largest absolute Gasteiger partial charge is 0.481 e. The van der Waals surface area contributed by atoms with Crippen LogP contribution in [-0.2, 0) is 9.53 Å². The van der Waals surface area contributed by atoms with E-state index < -0.39 is 18.0 Å². The lowest BCUT2D eigenvalue weighted by molar-refractivity contribution is -0.138. The van der Waals surface area contributed by atoms with Crippen LogP contribution in [0.2, 0.25) is 0 Å². The van der Waals surface area contributed by atoms with Gasteiger partial charge >= 0.3 is 12.1 Å². The zero-order chi connectivity index (χ0) is 24.1. The van der Waals surface area contributed by atoms with Gasteiger partial charge in [-0.3, -0.25) is 20.0 Å². The van der Waals surface area contributed by atoms with Crippen molar-refractivity contribution in [1.82, 2.24) is 20.5 Å². The number of H-pyrrole nitrogens is 1. The smallest absolute Gasteiger partial charge is 0.414 e. The van der Waals surface area contributed by atoms with E-state index in [0.717, 1.165) is 22.3 Å². The van der Waals surface area contributed by atoms with Gasteiger partial charge in [0.2, 0.25) is 5.82 Å². The molecule has 0 bridgehead atoms. The Labute approximate surface area is 195 Å². The molecule has 0 saturated heterocycles. The summed E-state index contributed by atoms with van der Waals surface area (Å²) >= 11 is 0. The van der Waals surface area contributed by atoms with E-state index in [1.54, 1.807) is 0 Å². The minimum absolute atomic E-state index is 0.0399. The first kappa shape index (κ1) is 23.0. The highest BCUT2D eigenvalue weighted by atomic mass is 16.5. The number of amides is 2. The minimum Gasteiger partial charge on any atom is -0.481 e. The Bertz CT molecular complexity index is 1160. The molecule has 1 aliphatic rings. The van der Waals surface area contributed by atoms with Gasteiger partial charge in [-0.15, -0.1) is 5.10 Å². The third kappa shape index (κ3) is 5.06. The second-order valence-electron chi connectivity index (χ2n) is 8.04. The van der Waals surface area contributed by atoms with Crippen molar-refractivity contribution in [3.63, 3.8) is 0 Å². The van der Waals surface area contributed by atoms with Crippen molar-refractivity contribution >= 4 is 23.9 Å². The average Bonchev–Trinajstić information content (AvgIpc) is 3.42. The van der Waals surface area contributed by atoms with Crippen molar-refractivity contribution in [2.24, 2.45) is 5.92 Å². The fourth-order valence-corrected chi connectivity index (χ4v) is 4.07. The number of hydrogen-bond acceptors (Lipinski definition) is 6. The SMILES string of the molecule is CCC(CNC(=O)c1nc(NC(=O)OCC2c3ccccc3-c3ccccc32)n[nH]1)CC(=O)O. The van der Waals surface area contributed by atoms with E-state index in [-0.39, 0.29) is 43.2 Å². The second-order valence-corrected chi connectivity index (χ2v) is 8.04. The van der Waals surface area contributed by atoms with Crippen molar-refractivity contribution in [3.8, 4) is 11.1 Å². The Balaban J connectivity index is 1.32. The molecular weight excluding hydrogens is 438 g/mol. The van der Waals surface area contributed by atoms with E-state index in [2.05, 4.69) is 37.9 Å². The molecule has 34 heavy (non-hydrogen) atoms. The summed E-state index contributed by atoms with van der Waals surface area (Å²) < 4.78 is 5.44. The van der Waals surface area contributed by atoms with Crippen molar-refractivity contribution in [2.75, 3.05) is 18.5 Å². The van der Waals surface area contributed by atoms with E-state index in [1.165, 1.54) is 0 Å². The molecule has 2 amide bonds. The van der Waals surface area contributed by atoms with Crippen LogP contribution in [0.3, 0.4) is 0 Å². The van der Waals surface area contributed by atoms with E-state index in [1.807, 2.05) is 43.3 Å². The maximum absolute atomic E-state index is 12.3. The van der Waals surface area contributed by atoms with Gasteiger partial charge in [0.05, 0.1) is 0 Å². The van der Waals surface area contributed by atoms with Crippen LogP contribution in [0.25, 0.3) is 11.1 Å². The maximum atomic E-state index is 12.3. The number of carbonyl (C=O) groups is 3. The molecule has 0 radical (unpaired) electrons. The number of carboxylic acid groups (broad SMARTS) is 1. The van der Waals surface area contributed by atoms with Crippen LogP contribution in [0.15, 0.2) is 48.5 Å². The summed E-state index contributed by atoms with van der Waals surface area (Å²) in [7, 11) is 0. The van der Waals surface area contributed by atoms with Gasteiger partial charge in [-0.1, -0.05) is 61.9 Å². The lowest BCUT2D eigenvalue weighted by atomic mass is 9.98. The average molecular weight is 463 g/mol. The van der Waals surface area contributed by atoms with Crippen LogP contribution in [0.5, 0.6) is 0 Å². The molecule has 0 spiro atoms. The highest BCUT2D eigenvalue weighted by Crippen LogP contribution is 2.44. The zero-order valence-electron chi connectivity index (χ0n) is 18.6. The number of nitrogens with zero attached hydrogens (tertiary/aromatic N) is 2. The third-order valence-corrected chi connectivity index (χ3v) is 5.85. The Morgan fingerprint density at radius 3 is 2.35 bits per heavy atom. The van der Waals surface area contributed by atoms with Gasteiger partial charge in [0.1, 0.15) is 6.61 Å². The van der Waals surface area contributed by atoms with Crippen molar-refractivity contribution in [3.05, 3.63) is 65.5 Å². The fraction of sp³-hybridized carbons (Fsp3) is 0.292. The molecule has 3 aromatic rings. The zero-order valence-corrected chi connectivity index (χ0v) is 18.6. The normalized spacial score (nSPS) is 13.0. The van der Waals surface area contributed by atoms with Gasteiger partial charge in [-0.05, 0) is 28.2 Å². The molecule has 1 unspecified atom stereocenters. The molecule has 4 rings (SSSR count). The predicted octanol–water partition coefficient (Wildman–Crippen LogP) is 3.40. The van der Waals surface area contributed by atoms with Crippen molar-refractivity contribution < 1.29 is 24.2 Å². The fourth-order valence-electron chi connectivity index (χ4n) is 4.07. The number of benzene rings is 2. The first-order chi connectivity index (χ1) is 16.5. The van der Waals surface area contributed by atoms with Crippen LogP contribution in [-0.4, -0.2) is 51.4 Å². The molecule has 10 heteroatoms. The molecule has 1 atom stereocenters. The Morgan fingerprint density at radius 1 is 1.09 bits per heavy atom. The van der Waals surface area contributed by atoms with Crippen LogP contribution in [0.4, 0.5) is 10.7 Å². The van der Waals surface area contributed by atoms with Gasteiger partial charge in [-0.2, -0.15) is 4.98 Å². The lowest BCUT2D eigenvalue weighted by Crippen LogP contribution is -2.31. The Kier molecular flexibility index (Phi) is 6.86. The number of rotatable bonds is 9. The summed E-state index contributed by atoms with van der Waals surface area (Å²) in [6.07, 6.45) is -0.167. The van der Waals surface area contributed by atoms with Crippen LogP contribution >= 0.6 is 0 Å². The molecule has 10 nitrogen and oxygen atoms in total. The van der Waals surface area contributed by atoms with E-state index in [4.69, 9.17) is 9.84 Å². The summed E-state index contributed by atoms with van der Waals surface area (Å²) in [6.45, 7) is 2.18. The van der Waals surface area contributed by atoms with Crippen LogP contribution in [0, 0.1) is 5.92 Å². The number of carboxylic acids is 1. The number of ether oxygens (including phenoxy) is 1. The van der Waals surface area contributed by atoms with Gasteiger partial charge in [-0.25, -0.2) is 4.79 Å². The summed E-state index contributed by atoms with van der Waals surface area (Å²) in [5.41, 5.74) is 4.46. The Hall–Kier alpha value is -4.21. The lowest BCUT2D eigenvalue weighted by Gasteiger charge is -2.13. The van der Waals surface area contributed by atoms with Crippen molar-refractivity contribution in [1.29, 1.82) is 0 Å². The third-order valence-electron chi connectivity index (χ3n) is 5.85. The van der Waals surface area contributed by atoms with E-state index in [0.29, 0.717) is 6.42 Å². The topological polar surface area (TPSA) is 146 Å². The molecule has 176 valence electrons. The number of aliphatic carboxylic acids is 1. The second kappa shape index (κ2) is 10.2. The number of hydrogen-bond donors (Lipinski definition) is 4. The van der Waals surface area contributed by atoms with Crippen LogP contribution in [0.1, 0.15) is 47.4 Å². The number of nitrogens with one attached hydrogen (secondary N) is 3. The van der Waals surface area contributed by atoms with Gasteiger partial charge in [0, 0.05) is 18.9 Å². The standard InChI is InChI=1S/C24H25N5O5/c1-2-14(11-20(30)31)12-25-22(32)21-26-23(29-28-21)27-24(33)34-13-19-17-9-5-3-7-15(17)16-8-4-6-10-18(16)19/h3-10,14,19H,2,11-13H2,1H3,(H,25,32)(H,30,31)(H2,26,27,28,29,33). The number of carbonyl (C=O) groups excluding carboxylic acids is 2. The summed E-state index contributed by atoms with van der Waals surface area (Å²) in [6, 6.07) is 16.1. The number of aromatic nitrogens is 3. The van der Waals surface area contributed by atoms with E-state index >= 15 is 0 Å². The maximum Gasteiger partial charge on any atom is 0.414 e. The molecule has 1 heterocycles. The summed E-state index contributed by atoms with van der Waals surface area (Å²) in [4.78, 5) is 39.4. The van der Waals surface area contributed by atoms with Crippen LogP contribution < -0.4 is 10.6 Å². The molecular formula is C24H25N5O5. The first-order valence-corrected chi connectivity index (χ1v) is 11.0. The Morgan fingerprint density at radius 2 is 1.74 bits per heavy atom. The summed E-state index contributed by atoms with van der Waals surface area (Å²) in [5.74, 6) is -1.93. The van der Waals surface area contributed by atoms with Gasteiger partial charge < -0.3 is 15.2 Å². The molecule has 1 aliphatic carbocycles. The highest BCUT2D eigenvalue weighted by Gasteiger charge is 2.29. The number of aromatic amines is 1. The molecule has 2 aromatic carbocycles. The number of anilines is 1. The molecule has 0 aliphatic heterocycles. The molecule has 1 aromatic heterocycles. The monoisotopic (exact) mass is 463 g/mol. The quantitative estimate of drug-likeness (QED) is 0.380. The molecule has 4 N–H and O–H groups in total. The molecule has 0 fully saturated rings. The molecule has 0 saturated carbocycles.